The van der Waals surface area contributed by atoms with Gasteiger partial charge in [-0.25, -0.2) is 0 Å². The van der Waals surface area contributed by atoms with Crippen molar-refractivity contribution >= 4 is 17.5 Å². The van der Waals surface area contributed by atoms with Crippen molar-refractivity contribution in [3.63, 3.8) is 0 Å². The zero-order valence-corrected chi connectivity index (χ0v) is 14.7. The fourth-order valence-electron chi connectivity index (χ4n) is 3.12. The third-order valence-corrected chi connectivity index (χ3v) is 4.80. The normalized spacial score (nSPS) is 14.8. The largest absolute Gasteiger partial charge is 0.382 e. The Bertz CT molecular complexity index is 942. The summed E-state index contributed by atoms with van der Waals surface area (Å²) in [6.07, 6.45) is 2.24. The summed E-state index contributed by atoms with van der Waals surface area (Å²) in [5, 5.41) is 15.4. The van der Waals surface area contributed by atoms with E-state index in [-0.39, 0.29) is 5.91 Å². The molecule has 1 unspecified atom stereocenters. The minimum Gasteiger partial charge on any atom is -0.382 e. The molecule has 0 bridgehead atoms. The minimum absolute atomic E-state index is 0.130. The summed E-state index contributed by atoms with van der Waals surface area (Å²) < 4.78 is 1.85. The van der Waals surface area contributed by atoms with Crippen molar-refractivity contribution in [2.24, 2.45) is 0 Å². The Morgan fingerprint density at radius 3 is 2.77 bits per heavy atom. The van der Waals surface area contributed by atoms with E-state index in [9.17, 15) is 9.90 Å². The van der Waals surface area contributed by atoms with Crippen LogP contribution in [0.2, 0.25) is 5.02 Å². The lowest BCUT2D eigenvalue weighted by molar-refractivity contribution is 0.0706. The predicted octanol–water partition coefficient (Wildman–Crippen LogP) is 2.67. The number of hydrogen-bond acceptors (Lipinski definition) is 4. The first-order chi connectivity index (χ1) is 12.6. The molecule has 0 spiro atoms. The van der Waals surface area contributed by atoms with E-state index in [0.717, 1.165) is 11.3 Å². The Labute approximate surface area is 155 Å². The van der Waals surface area contributed by atoms with E-state index in [1.54, 1.807) is 17.2 Å². The minimum atomic E-state index is -0.784. The highest BCUT2D eigenvalue weighted by molar-refractivity contribution is 6.33. The first kappa shape index (κ1) is 16.8. The number of pyridine rings is 1. The van der Waals surface area contributed by atoms with Gasteiger partial charge in [0, 0.05) is 18.9 Å². The van der Waals surface area contributed by atoms with E-state index in [1.807, 2.05) is 41.1 Å². The van der Waals surface area contributed by atoms with Crippen LogP contribution in [-0.4, -0.2) is 37.2 Å². The van der Waals surface area contributed by atoms with Gasteiger partial charge in [0.15, 0.2) is 0 Å². The van der Waals surface area contributed by atoms with Crippen LogP contribution in [0.3, 0.4) is 0 Å². The smallest absolute Gasteiger partial charge is 0.255 e. The lowest BCUT2D eigenvalue weighted by Crippen LogP contribution is -2.38. The van der Waals surface area contributed by atoms with Crippen molar-refractivity contribution in [2.45, 2.75) is 19.2 Å². The number of aliphatic hydroxyl groups excluding tert-OH is 1. The molecule has 3 aromatic rings. The van der Waals surface area contributed by atoms with Crippen molar-refractivity contribution in [3.05, 3.63) is 82.4 Å². The summed E-state index contributed by atoms with van der Waals surface area (Å²) in [7, 11) is 0. The molecular weight excluding hydrogens is 352 g/mol. The summed E-state index contributed by atoms with van der Waals surface area (Å²) in [6, 6.07) is 12.9. The topological polar surface area (TPSA) is 71.2 Å². The van der Waals surface area contributed by atoms with Crippen LogP contribution in [0.4, 0.5) is 0 Å². The Morgan fingerprint density at radius 2 is 2.00 bits per heavy atom. The number of carbonyl (C=O) groups excluding carboxylic acids is 1. The van der Waals surface area contributed by atoms with Crippen molar-refractivity contribution < 1.29 is 9.90 Å². The molecule has 1 atom stereocenters. The fourth-order valence-corrected chi connectivity index (χ4v) is 3.32. The number of fused-ring (bicyclic) bond motifs is 1. The monoisotopic (exact) mass is 368 g/mol. The Hall–Kier alpha value is -2.70. The van der Waals surface area contributed by atoms with E-state index >= 15 is 0 Å². The van der Waals surface area contributed by atoms with Crippen LogP contribution >= 0.6 is 11.6 Å². The number of carbonyl (C=O) groups is 1. The van der Waals surface area contributed by atoms with Gasteiger partial charge in [0.2, 0.25) is 0 Å². The standard InChI is InChI=1S/C19H17ClN4O2/c20-16-11-21-7-6-15(16)19(26)23-8-9-24-14(12-23)10-17(22-24)18(25)13-4-2-1-3-5-13/h1-7,10-11,18,25H,8-9,12H2. The zero-order valence-electron chi connectivity index (χ0n) is 13.9. The number of aromatic nitrogens is 3. The second-order valence-electron chi connectivity index (χ2n) is 6.18. The van der Waals surface area contributed by atoms with E-state index < -0.39 is 6.10 Å². The first-order valence-electron chi connectivity index (χ1n) is 8.32. The highest BCUT2D eigenvalue weighted by Gasteiger charge is 2.26. The summed E-state index contributed by atoms with van der Waals surface area (Å²) >= 11 is 6.09. The summed E-state index contributed by atoms with van der Waals surface area (Å²) in [5.74, 6) is -0.130. The zero-order chi connectivity index (χ0) is 18.1. The highest BCUT2D eigenvalue weighted by Crippen LogP contribution is 2.25. The number of nitrogens with zero attached hydrogens (tertiary/aromatic N) is 4. The van der Waals surface area contributed by atoms with Crippen LogP contribution < -0.4 is 0 Å². The van der Waals surface area contributed by atoms with Crippen LogP contribution in [0, 0.1) is 0 Å². The lowest BCUT2D eigenvalue weighted by Gasteiger charge is -2.27. The van der Waals surface area contributed by atoms with Gasteiger partial charge in [-0.1, -0.05) is 41.9 Å². The van der Waals surface area contributed by atoms with Gasteiger partial charge in [-0.2, -0.15) is 5.10 Å². The summed E-state index contributed by atoms with van der Waals surface area (Å²) in [4.78, 5) is 18.4. The molecule has 4 rings (SSSR count). The molecule has 1 aliphatic rings. The number of benzene rings is 1. The molecule has 2 aromatic heterocycles. The second kappa shape index (κ2) is 6.90. The Balaban J connectivity index is 1.55. The molecule has 1 aromatic carbocycles. The van der Waals surface area contributed by atoms with Crippen LogP contribution in [0.5, 0.6) is 0 Å². The van der Waals surface area contributed by atoms with Gasteiger partial charge in [0.1, 0.15) is 6.10 Å². The molecule has 0 saturated carbocycles. The van der Waals surface area contributed by atoms with Crippen LogP contribution in [0.1, 0.15) is 33.4 Å². The molecule has 6 nitrogen and oxygen atoms in total. The number of aliphatic hydroxyl groups is 1. The van der Waals surface area contributed by atoms with E-state index in [0.29, 0.717) is 35.9 Å². The summed E-state index contributed by atoms with van der Waals surface area (Å²) in [6.45, 7) is 1.53. The van der Waals surface area contributed by atoms with Gasteiger partial charge in [0.05, 0.1) is 35.1 Å². The summed E-state index contributed by atoms with van der Waals surface area (Å²) in [5.41, 5.74) is 2.71. The fraction of sp³-hybridized carbons (Fsp3) is 0.211. The van der Waals surface area contributed by atoms with Crippen molar-refractivity contribution in [1.82, 2.24) is 19.7 Å². The molecule has 7 heteroatoms. The Kier molecular flexibility index (Phi) is 4.44. The van der Waals surface area contributed by atoms with E-state index in [4.69, 9.17) is 11.6 Å². The molecule has 1 N–H and O–H groups in total. The van der Waals surface area contributed by atoms with Crippen molar-refractivity contribution in [1.29, 1.82) is 0 Å². The number of amides is 1. The van der Waals surface area contributed by atoms with Gasteiger partial charge in [-0.05, 0) is 17.7 Å². The molecule has 1 amide bonds. The average molecular weight is 369 g/mol. The van der Waals surface area contributed by atoms with E-state index in [1.165, 1.54) is 6.20 Å². The first-order valence-corrected chi connectivity index (χ1v) is 8.69. The van der Waals surface area contributed by atoms with Gasteiger partial charge in [-0.3, -0.25) is 14.5 Å². The third-order valence-electron chi connectivity index (χ3n) is 4.50. The van der Waals surface area contributed by atoms with Crippen molar-refractivity contribution in [3.8, 4) is 0 Å². The number of halogens is 1. The Morgan fingerprint density at radius 1 is 1.19 bits per heavy atom. The van der Waals surface area contributed by atoms with Gasteiger partial charge in [-0.15, -0.1) is 0 Å². The number of hydrogen-bond donors (Lipinski definition) is 1. The van der Waals surface area contributed by atoms with Gasteiger partial charge < -0.3 is 10.0 Å². The second-order valence-corrected chi connectivity index (χ2v) is 6.59. The molecular formula is C19H17ClN4O2. The molecule has 0 aliphatic carbocycles. The molecule has 0 radical (unpaired) electrons. The van der Waals surface area contributed by atoms with Gasteiger partial charge >= 0.3 is 0 Å². The highest BCUT2D eigenvalue weighted by atomic mass is 35.5. The SMILES string of the molecule is O=C(c1ccncc1Cl)N1CCn2nc(C(O)c3ccccc3)cc2C1. The lowest BCUT2D eigenvalue weighted by atomic mass is 10.1. The molecule has 26 heavy (non-hydrogen) atoms. The van der Waals surface area contributed by atoms with E-state index in [2.05, 4.69) is 10.1 Å². The molecule has 1 aliphatic heterocycles. The molecule has 0 saturated heterocycles. The predicted molar refractivity (Wildman–Crippen MR) is 96.7 cm³/mol. The molecule has 3 heterocycles. The quantitative estimate of drug-likeness (QED) is 0.771. The van der Waals surface area contributed by atoms with Gasteiger partial charge in [0.25, 0.3) is 5.91 Å². The number of rotatable bonds is 3. The maximum atomic E-state index is 12.7. The van der Waals surface area contributed by atoms with Crippen LogP contribution in [0.15, 0.2) is 54.9 Å². The third kappa shape index (κ3) is 3.09. The molecule has 0 fully saturated rings. The van der Waals surface area contributed by atoms with Crippen LogP contribution in [-0.2, 0) is 13.1 Å². The van der Waals surface area contributed by atoms with Crippen molar-refractivity contribution in [2.75, 3.05) is 6.54 Å². The van der Waals surface area contributed by atoms with Crippen LogP contribution in [0.25, 0.3) is 0 Å². The maximum Gasteiger partial charge on any atom is 0.255 e. The molecule has 132 valence electrons. The average Bonchev–Trinajstić information content (AvgIpc) is 3.11. The maximum absolute atomic E-state index is 12.7.